The minimum atomic E-state index is -3.23. The molecule has 1 atom stereocenters. The van der Waals surface area contributed by atoms with Gasteiger partial charge in [-0.3, -0.25) is 0 Å². The van der Waals surface area contributed by atoms with Gasteiger partial charge in [-0.1, -0.05) is 0 Å². The summed E-state index contributed by atoms with van der Waals surface area (Å²) >= 11 is 0. The van der Waals surface area contributed by atoms with Crippen LogP contribution in [-0.4, -0.2) is 39.0 Å². The van der Waals surface area contributed by atoms with E-state index in [1.807, 2.05) is 0 Å². The van der Waals surface area contributed by atoms with Crippen LogP contribution in [0.15, 0.2) is 0 Å². The van der Waals surface area contributed by atoms with Gasteiger partial charge in [0.15, 0.2) is 0 Å². The standard InChI is InChI=1S/C9H20N2O4S/c1-7(6-10-16(5,13)14)11-8(12)15-9(2,3)4/h7,10H,6H2,1-5H3,(H,11,12)/t7-/m1/s1. The average Bonchev–Trinajstić information content (AvgIpc) is 1.95. The van der Waals surface area contributed by atoms with Gasteiger partial charge in [0.1, 0.15) is 5.60 Å². The van der Waals surface area contributed by atoms with Crippen LogP contribution < -0.4 is 10.0 Å². The minimum Gasteiger partial charge on any atom is -0.444 e. The van der Waals surface area contributed by atoms with E-state index in [0.29, 0.717) is 0 Å². The van der Waals surface area contributed by atoms with Crippen LogP contribution in [0.5, 0.6) is 0 Å². The summed E-state index contributed by atoms with van der Waals surface area (Å²) in [6, 6.07) is -0.329. The van der Waals surface area contributed by atoms with Gasteiger partial charge >= 0.3 is 6.09 Å². The summed E-state index contributed by atoms with van der Waals surface area (Å²) in [7, 11) is -3.23. The maximum absolute atomic E-state index is 11.3. The molecule has 0 saturated heterocycles. The molecule has 0 fully saturated rings. The first-order chi connectivity index (χ1) is 6.99. The third-order valence-corrected chi connectivity index (χ3v) is 2.11. The Balaban J connectivity index is 3.97. The Morgan fingerprint density at radius 1 is 1.38 bits per heavy atom. The highest BCUT2D eigenvalue weighted by molar-refractivity contribution is 7.88. The van der Waals surface area contributed by atoms with Gasteiger partial charge in [-0.25, -0.2) is 17.9 Å². The Morgan fingerprint density at radius 2 is 1.88 bits per heavy atom. The predicted octanol–water partition coefficient (Wildman–Crippen LogP) is 0.449. The van der Waals surface area contributed by atoms with E-state index in [9.17, 15) is 13.2 Å². The second kappa shape index (κ2) is 5.49. The molecule has 0 unspecified atom stereocenters. The van der Waals surface area contributed by atoms with Crippen LogP contribution in [0.1, 0.15) is 27.7 Å². The van der Waals surface area contributed by atoms with Crippen molar-refractivity contribution in [2.45, 2.75) is 39.3 Å². The zero-order valence-corrected chi connectivity index (χ0v) is 11.1. The van der Waals surface area contributed by atoms with Gasteiger partial charge in [0, 0.05) is 12.6 Å². The molecule has 0 aromatic rings. The quantitative estimate of drug-likeness (QED) is 0.760. The zero-order valence-electron chi connectivity index (χ0n) is 10.3. The van der Waals surface area contributed by atoms with Crippen molar-refractivity contribution in [3.63, 3.8) is 0 Å². The Kier molecular flexibility index (Phi) is 5.21. The lowest BCUT2D eigenvalue weighted by atomic mass is 10.2. The first kappa shape index (κ1) is 15.2. The lowest BCUT2D eigenvalue weighted by Crippen LogP contribution is -2.43. The summed E-state index contributed by atoms with van der Waals surface area (Å²) in [5.41, 5.74) is -0.561. The van der Waals surface area contributed by atoms with Gasteiger partial charge in [-0.15, -0.1) is 0 Å². The number of amides is 1. The lowest BCUT2D eigenvalue weighted by molar-refractivity contribution is 0.0509. The molecule has 2 N–H and O–H groups in total. The molecule has 96 valence electrons. The minimum absolute atomic E-state index is 0.137. The first-order valence-electron chi connectivity index (χ1n) is 4.94. The maximum atomic E-state index is 11.3. The number of sulfonamides is 1. The second-order valence-electron chi connectivity index (χ2n) is 4.67. The maximum Gasteiger partial charge on any atom is 0.407 e. The topological polar surface area (TPSA) is 84.5 Å². The highest BCUT2D eigenvalue weighted by Gasteiger charge is 2.17. The number of nitrogens with one attached hydrogen (secondary N) is 2. The van der Waals surface area contributed by atoms with E-state index in [4.69, 9.17) is 4.74 Å². The van der Waals surface area contributed by atoms with Crippen molar-refractivity contribution in [2.24, 2.45) is 0 Å². The smallest absolute Gasteiger partial charge is 0.407 e. The third-order valence-electron chi connectivity index (χ3n) is 1.41. The highest BCUT2D eigenvalue weighted by Crippen LogP contribution is 2.06. The number of hydrogen-bond donors (Lipinski definition) is 2. The fourth-order valence-electron chi connectivity index (χ4n) is 0.836. The molecule has 0 radical (unpaired) electrons. The van der Waals surface area contributed by atoms with Crippen molar-refractivity contribution in [3.8, 4) is 0 Å². The molecule has 0 rings (SSSR count). The monoisotopic (exact) mass is 252 g/mol. The van der Waals surface area contributed by atoms with Crippen LogP contribution in [0.25, 0.3) is 0 Å². The van der Waals surface area contributed by atoms with E-state index in [2.05, 4.69) is 10.0 Å². The van der Waals surface area contributed by atoms with Crippen LogP contribution in [0.3, 0.4) is 0 Å². The van der Waals surface area contributed by atoms with Crippen LogP contribution in [0.2, 0.25) is 0 Å². The molecule has 0 heterocycles. The molecule has 0 saturated carbocycles. The fourth-order valence-corrected chi connectivity index (χ4v) is 1.39. The van der Waals surface area contributed by atoms with E-state index in [1.165, 1.54) is 0 Å². The number of hydrogen-bond acceptors (Lipinski definition) is 4. The average molecular weight is 252 g/mol. The summed E-state index contributed by atoms with van der Waals surface area (Å²) in [4.78, 5) is 11.3. The van der Waals surface area contributed by atoms with E-state index in [0.717, 1.165) is 6.26 Å². The molecule has 0 aromatic heterocycles. The highest BCUT2D eigenvalue weighted by atomic mass is 32.2. The number of ether oxygens (including phenoxy) is 1. The van der Waals surface area contributed by atoms with E-state index in [-0.39, 0.29) is 12.6 Å². The summed E-state index contributed by atoms with van der Waals surface area (Å²) in [5.74, 6) is 0. The SMILES string of the molecule is C[C@H](CNS(C)(=O)=O)NC(=O)OC(C)(C)C. The first-order valence-corrected chi connectivity index (χ1v) is 6.83. The van der Waals surface area contributed by atoms with Gasteiger partial charge in [0.25, 0.3) is 0 Å². The Bertz CT molecular complexity index is 332. The van der Waals surface area contributed by atoms with Crippen molar-refractivity contribution in [2.75, 3.05) is 12.8 Å². The van der Waals surface area contributed by atoms with E-state index >= 15 is 0 Å². The van der Waals surface area contributed by atoms with Crippen molar-refractivity contribution < 1.29 is 17.9 Å². The van der Waals surface area contributed by atoms with Crippen molar-refractivity contribution in [3.05, 3.63) is 0 Å². The molecule has 1 amide bonds. The summed E-state index contributed by atoms with van der Waals surface area (Å²) in [5, 5.41) is 2.52. The lowest BCUT2D eigenvalue weighted by Gasteiger charge is -2.21. The molecular weight excluding hydrogens is 232 g/mol. The van der Waals surface area contributed by atoms with E-state index in [1.54, 1.807) is 27.7 Å². The number of carbonyl (C=O) groups is 1. The second-order valence-corrected chi connectivity index (χ2v) is 6.50. The zero-order chi connectivity index (χ0) is 13.0. The molecule has 7 heteroatoms. The van der Waals surface area contributed by atoms with Crippen LogP contribution in [0.4, 0.5) is 4.79 Å². The molecule has 0 aliphatic carbocycles. The van der Waals surface area contributed by atoms with Crippen molar-refractivity contribution in [1.82, 2.24) is 10.0 Å². The Hall–Kier alpha value is -0.820. The molecular formula is C9H20N2O4S. The molecule has 0 bridgehead atoms. The van der Waals surface area contributed by atoms with Crippen molar-refractivity contribution >= 4 is 16.1 Å². The van der Waals surface area contributed by atoms with Crippen LogP contribution in [-0.2, 0) is 14.8 Å². The number of alkyl carbamates (subject to hydrolysis) is 1. The predicted molar refractivity (Wildman–Crippen MR) is 61.7 cm³/mol. The van der Waals surface area contributed by atoms with Gasteiger partial charge in [-0.2, -0.15) is 0 Å². The van der Waals surface area contributed by atoms with Gasteiger partial charge < -0.3 is 10.1 Å². The normalized spacial score (nSPS) is 14.3. The molecule has 0 aromatic carbocycles. The molecule has 16 heavy (non-hydrogen) atoms. The van der Waals surface area contributed by atoms with Crippen LogP contribution >= 0.6 is 0 Å². The summed E-state index contributed by atoms with van der Waals surface area (Å²) in [6.07, 6.45) is 0.503. The summed E-state index contributed by atoms with van der Waals surface area (Å²) in [6.45, 7) is 7.09. The largest absolute Gasteiger partial charge is 0.444 e. The fraction of sp³-hybridized carbons (Fsp3) is 0.889. The van der Waals surface area contributed by atoms with Gasteiger partial charge in [0.2, 0.25) is 10.0 Å². The Morgan fingerprint density at radius 3 is 2.25 bits per heavy atom. The molecule has 6 nitrogen and oxygen atoms in total. The number of carbonyl (C=O) groups excluding carboxylic acids is 1. The Labute approximate surface area is 96.8 Å². The van der Waals surface area contributed by atoms with Crippen molar-refractivity contribution in [1.29, 1.82) is 0 Å². The summed E-state index contributed by atoms with van der Waals surface area (Å²) < 4.78 is 28.9. The molecule has 0 aliphatic rings. The molecule has 0 aliphatic heterocycles. The third kappa shape index (κ3) is 9.72. The number of rotatable bonds is 4. The van der Waals surface area contributed by atoms with E-state index < -0.39 is 21.7 Å². The van der Waals surface area contributed by atoms with Gasteiger partial charge in [-0.05, 0) is 27.7 Å². The van der Waals surface area contributed by atoms with Gasteiger partial charge in [0.05, 0.1) is 6.26 Å². The molecule has 0 spiro atoms. The van der Waals surface area contributed by atoms with Crippen LogP contribution in [0, 0.1) is 0 Å².